The fourth-order valence-corrected chi connectivity index (χ4v) is 9.46. The van der Waals surface area contributed by atoms with Crippen molar-refractivity contribution in [3.63, 3.8) is 0 Å². The summed E-state index contributed by atoms with van der Waals surface area (Å²) in [6.45, 7) is 17.2. The van der Waals surface area contributed by atoms with Gasteiger partial charge in [-0.25, -0.2) is 10.4 Å². The summed E-state index contributed by atoms with van der Waals surface area (Å²) in [5.74, 6) is -2.62. The molecule has 6 bridgehead atoms. The van der Waals surface area contributed by atoms with Crippen molar-refractivity contribution in [1.29, 1.82) is 0 Å². The van der Waals surface area contributed by atoms with E-state index in [0.717, 1.165) is 39.0 Å². The second kappa shape index (κ2) is 19.1. The summed E-state index contributed by atoms with van der Waals surface area (Å²) < 4.78 is 20.2. The van der Waals surface area contributed by atoms with Gasteiger partial charge in [-0.1, -0.05) is 40.3 Å². The molecule has 342 valence electrons. The number of methoxy groups -OCH3 is 1. The number of carbonyl (C=O) groups excluding carboxylic acids is 5. The highest BCUT2D eigenvalue weighted by atomic mass is 16.5. The van der Waals surface area contributed by atoms with Crippen LogP contribution in [0.4, 0.5) is 0 Å². The monoisotopic (exact) mass is 878 g/mol. The predicted octanol–water partition coefficient (Wildman–Crippen LogP) is 5.25. The highest BCUT2D eigenvalue weighted by molar-refractivity contribution is 5.96. The molecule has 1 unspecified atom stereocenters. The van der Waals surface area contributed by atoms with Crippen LogP contribution in [-0.2, 0) is 52.8 Å². The van der Waals surface area contributed by atoms with Gasteiger partial charge in [0.15, 0.2) is 5.89 Å². The Kier molecular flexibility index (Phi) is 13.8. The first-order valence-corrected chi connectivity index (χ1v) is 22.4. The third kappa shape index (κ3) is 9.34. The molecule has 0 saturated carbocycles. The Balaban J connectivity index is 1.27. The Morgan fingerprint density at radius 3 is 2.64 bits per heavy atom. The number of likely N-dealkylation sites (tertiary alicyclic amines) is 1. The SMILES string of the molecule is C=CC(=O)N1CC[C@H](C(=O)N(C)C(C(=O)N[C@H]2Cc3nc(co3)-c3ccc4c(c3)c(c(-c3cccnc3[C@H](C)OC)n4CC)CC(C)(C)COC(=O)[C@@H]3CCCN(N3)C2=O)C(C)C)C1. The number of esters is 1. The molecule has 3 aliphatic rings. The Morgan fingerprint density at radius 1 is 1.14 bits per heavy atom. The van der Waals surface area contributed by atoms with Crippen molar-refractivity contribution in [3.05, 3.63) is 72.6 Å². The van der Waals surface area contributed by atoms with Crippen LogP contribution in [0.2, 0.25) is 0 Å². The third-order valence-electron chi connectivity index (χ3n) is 12.8. The van der Waals surface area contributed by atoms with E-state index >= 15 is 0 Å². The fourth-order valence-electron chi connectivity index (χ4n) is 9.46. The van der Waals surface area contributed by atoms with Crippen LogP contribution in [0.5, 0.6) is 0 Å². The maximum atomic E-state index is 14.5. The molecule has 3 aliphatic heterocycles. The van der Waals surface area contributed by atoms with Crippen molar-refractivity contribution >= 4 is 40.5 Å². The minimum atomic E-state index is -1.19. The molecule has 64 heavy (non-hydrogen) atoms. The summed E-state index contributed by atoms with van der Waals surface area (Å²) in [6, 6.07) is 7.24. The third-order valence-corrected chi connectivity index (χ3v) is 12.8. The molecule has 5 atom stereocenters. The average Bonchev–Trinajstić information content (AvgIpc) is 4.05. The second-order valence-electron chi connectivity index (χ2n) is 18.4. The molecule has 4 amide bonds. The number of ether oxygens (including phenoxy) is 2. The number of rotatable bonds is 10. The number of benzene rings is 1. The number of pyridine rings is 1. The van der Waals surface area contributed by atoms with Crippen molar-refractivity contribution in [2.24, 2.45) is 17.3 Å². The molecule has 2 fully saturated rings. The van der Waals surface area contributed by atoms with E-state index in [2.05, 4.69) is 60.9 Å². The smallest absolute Gasteiger partial charge is 0.324 e. The van der Waals surface area contributed by atoms with E-state index in [4.69, 9.17) is 23.9 Å². The van der Waals surface area contributed by atoms with E-state index in [1.807, 2.05) is 32.9 Å². The lowest BCUT2D eigenvalue weighted by atomic mass is 9.84. The number of oxazole rings is 1. The standard InChI is InChI=1S/C48H62N8O8/c1-10-40(57)54-21-18-31(25-54)45(59)53(8)42(28(3)4)44(58)51-36-23-39-50-37(26-63-39)30-16-17-38-33(22-30)34(43(55(38)11-2)32-14-12-19-49-41(32)29(5)62-9)24-48(6,7)27-64-47(61)35-15-13-20-56(52-35)46(36)60/h10,12,14,16-17,19,22,26,28-29,31,35-36,42,52H,1,11,13,15,18,20-21,23-25,27H2,2-9H3,(H,51,58)/t29-,31-,35-,36-,42?/m0/s1. The van der Waals surface area contributed by atoms with Crippen molar-refractivity contribution in [1.82, 2.24) is 40.1 Å². The molecule has 2 N–H and O–H groups in total. The summed E-state index contributed by atoms with van der Waals surface area (Å²) in [4.78, 5) is 81.5. The van der Waals surface area contributed by atoms with Gasteiger partial charge in [-0.2, -0.15) is 0 Å². The van der Waals surface area contributed by atoms with Gasteiger partial charge in [0.2, 0.25) is 17.7 Å². The summed E-state index contributed by atoms with van der Waals surface area (Å²) >= 11 is 0. The van der Waals surface area contributed by atoms with Gasteiger partial charge in [-0.3, -0.25) is 34.0 Å². The Labute approximate surface area is 374 Å². The number of hydrazine groups is 1. The lowest BCUT2D eigenvalue weighted by Crippen LogP contribution is -2.62. The maximum Gasteiger partial charge on any atom is 0.324 e. The molecule has 3 aromatic heterocycles. The first-order chi connectivity index (χ1) is 30.5. The van der Waals surface area contributed by atoms with Crippen LogP contribution in [0.3, 0.4) is 0 Å². The van der Waals surface area contributed by atoms with Gasteiger partial charge in [0.1, 0.15) is 30.1 Å². The lowest BCUT2D eigenvalue weighted by molar-refractivity contribution is -0.155. The molecule has 0 radical (unpaired) electrons. The number of amides is 4. The Hall–Kier alpha value is -5.87. The fraction of sp³-hybridized carbons (Fsp3) is 0.521. The van der Waals surface area contributed by atoms with Gasteiger partial charge >= 0.3 is 5.97 Å². The van der Waals surface area contributed by atoms with Gasteiger partial charge in [0.25, 0.3) is 5.91 Å². The number of nitrogens with one attached hydrogen (secondary N) is 2. The number of likely N-dealkylation sites (N-methyl/N-ethyl adjacent to an activating group) is 1. The number of hydrogen-bond donors (Lipinski definition) is 2. The first kappa shape index (κ1) is 46.1. The van der Waals surface area contributed by atoms with E-state index in [-0.39, 0.29) is 55.8 Å². The summed E-state index contributed by atoms with van der Waals surface area (Å²) in [7, 11) is 3.25. The minimum Gasteiger partial charge on any atom is -0.464 e. The van der Waals surface area contributed by atoms with Crippen molar-refractivity contribution in [2.75, 3.05) is 40.4 Å². The molecule has 2 saturated heterocycles. The molecule has 0 aliphatic carbocycles. The number of hydrogen-bond acceptors (Lipinski definition) is 11. The molecule has 7 rings (SSSR count). The summed E-state index contributed by atoms with van der Waals surface area (Å²) in [6.07, 6.45) is 6.15. The first-order valence-electron chi connectivity index (χ1n) is 22.4. The highest BCUT2D eigenvalue weighted by Crippen LogP contribution is 2.42. The minimum absolute atomic E-state index is 0.110. The lowest BCUT2D eigenvalue weighted by Gasteiger charge is -2.36. The van der Waals surface area contributed by atoms with E-state index in [9.17, 15) is 24.0 Å². The number of fused-ring (bicyclic) bond motifs is 6. The average molecular weight is 879 g/mol. The number of aryl methyl sites for hydroxylation is 1. The van der Waals surface area contributed by atoms with E-state index in [1.54, 1.807) is 31.5 Å². The maximum absolute atomic E-state index is 14.5. The second-order valence-corrected chi connectivity index (χ2v) is 18.4. The normalized spacial score (nSPS) is 21.3. The number of cyclic esters (lactones) is 1. The molecule has 16 heteroatoms. The van der Waals surface area contributed by atoms with E-state index in [0.29, 0.717) is 44.5 Å². The van der Waals surface area contributed by atoms with Crippen LogP contribution >= 0.6 is 0 Å². The van der Waals surface area contributed by atoms with Crippen molar-refractivity contribution in [3.8, 4) is 22.5 Å². The number of aromatic nitrogens is 3. The Morgan fingerprint density at radius 2 is 1.92 bits per heavy atom. The molecule has 4 aromatic rings. The number of nitrogens with zero attached hydrogens (tertiary/aromatic N) is 6. The van der Waals surface area contributed by atoms with Crippen LogP contribution in [0.1, 0.15) is 84.1 Å². The zero-order chi connectivity index (χ0) is 46.0. The van der Waals surface area contributed by atoms with Crippen molar-refractivity contribution < 1.29 is 37.9 Å². The molecule has 1 aromatic carbocycles. The largest absolute Gasteiger partial charge is 0.464 e. The summed E-state index contributed by atoms with van der Waals surface area (Å²) in [5, 5.41) is 5.32. The molecule has 6 heterocycles. The zero-order valence-corrected chi connectivity index (χ0v) is 38.3. The van der Waals surface area contributed by atoms with Gasteiger partial charge in [0, 0.05) is 74.0 Å². The van der Waals surface area contributed by atoms with Crippen LogP contribution in [0, 0.1) is 17.3 Å². The van der Waals surface area contributed by atoms with Crippen LogP contribution in [0.15, 0.2) is 59.9 Å². The topological polar surface area (TPSA) is 181 Å². The number of carbonyl (C=O) groups is 5. The molecular weight excluding hydrogens is 817 g/mol. The summed E-state index contributed by atoms with van der Waals surface area (Å²) in [5.41, 5.74) is 8.77. The molecule has 0 spiro atoms. The van der Waals surface area contributed by atoms with Crippen LogP contribution in [-0.4, -0.2) is 117 Å². The predicted molar refractivity (Wildman–Crippen MR) is 240 cm³/mol. The van der Waals surface area contributed by atoms with Gasteiger partial charge in [0.05, 0.1) is 36.4 Å². The molecule has 16 nitrogen and oxygen atoms in total. The van der Waals surface area contributed by atoms with Crippen molar-refractivity contribution in [2.45, 2.75) is 104 Å². The van der Waals surface area contributed by atoms with E-state index < -0.39 is 47.2 Å². The zero-order valence-electron chi connectivity index (χ0n) is 38.3. The van der Waals surface area contributed by atoms with Gasteiger partial charge < -0.3 is 33.6 Å². The Bertz CT molecular complexity index is 2420. The highest BCUT2D eigenvalue weighted by Gasteiger charge is 2.40. The van der Waals surface area contributed by atoms with Gasteiger partial charge in [-0.05, 0) is 81.4 Å². The quantitative estimate of drug-likeness (QED) is 0.157. The van der Waals surface area contributed by atoms with E-state index in [1.165, 1.54) is 16.0 Å². The van der Waals surface area contributed by atoms with Gasteiger partial charge in [-0.15, -0.1) is 0 Å². The van der Waals surface area contributed by atoms with Crippen LogP contribution in [0.25, 0.3) is 33.4 Å². The van der Waals surface area contributed by atoms with Crippen LogP contribution < -0.4 is 10.7 Å². The molecular formula is C48H62N8O8.